The van der Waals surface area contributed by atoms with Gasteiger partial charge in [0.15, 0.2) is 0 Å². The third-order valence-corrected chi connectivity index (χ3v) is 5.22. The monoisotopic (exact) mass is 340 g/mol. The molecule has 0 aliphatic carbocycles. The van der Waals surface area contributed by atoms with E-state index in [0.29, 0.717) is 0 Å². The van der Waals surface area contributed by atoms with Crippen molar-refractivity contribution in [3.05, 3.63) is 60.2 Å². The van der Waals surface area contributed by atoms with Gasteiger partial charge in [0.05, 0.1) is 0 Å². The van der Waals surface area contributed by atoms with Crippen molar-refractivity contribution in [3.63, 3.8) is 0 Å². The lowest BCUT2D eigenvalue weighted by Gasteiger charge is -2.37. The second kappa shape index (κ2) is 8.59. The third-order valence-electron chi connectivity index (χ3n) is 4.93. The molecule has 0 radical (unpaired) electrons. The minimum Gasteiger partial charge on any atom is -0.369 e. The van der Waals surface area contributed by atoms with Crippen molar-refractivity contribution < 1.29 is 0 Å². The molecule has 0 amide bonds. The van der Waals surface area contributed by atoms with Crippen LogP contribution in [-0.2, 0) is 6.42 Å². The molecule has 1 aliphatic rings. The lowest BCUT2D eigenvalue weighted by Crippen LogP contribution is -2.47. The molecule has 2 aromatic carbocycles. The molecule has 1 fully saturated rings. The number of thiol groups is 1. The highest BCUT2D eigenvalue weighted by Crippen LogP contribution is 2.19. The summed E-state index contributed by atoms with van der Waals surface area (Å²) in [7, 11) is 0. The van der Waals surface area contributed by atoms with E-state index in [4.69, 9.17) is 0 Å². The predicted molar refractivity (Wildman–Crippen MR) is 106 cm³/mol. The van der Waals surface area contributed by atoms with E-state index in [0.717, 1.165) is 37.0 Å². The summed E-state index contributed by atoms with van der Waals surface area (Å²) in [5, 5.41) is 0. The first-order chi connectivity index (χ1) is 11.7. The smallest absolute Gasteiger partial charge is 0.0367 e. The first-order valence-corrected chi connectivity index (χ1v) is 9.46. The van der Waals surface area contributed by atoms with Crippen LogP contribution < -0.4 is 4.90 Å². The molecule has 0 N–H and O–H groups in total. The second-order valence-electron chi connectivity index (χ2n) is 6.93. The first kappa shape index (κ1) is 17.4. The van der Waals surface area contributed by atoms with Gasteiger partial charge < -0.3 is 4.90 Å². The van der Waals surface area contributed by atoms with E-state index in [9.17, 15) is 0 Å². The number of benzene rings is 2. The van der Waals surface area contributed by atoms with Gasteiger partial charge in [-0.05, 0) is 48.6 Å². The Hall–Kier alpha value is -1.45. The number of hydrogen-bond donors (Lipinski definition) is 1. The molecule has 1 unspecified atom stereocenters. The first-order valence-electron chi connectivity index (χ1n) is 9.01. The number of rotatable bonds is 6. The molecule has 0 aromatic heterocycles. The van der Waals surface area contributed by atoms with Gasteiger partial charge in [-0.1, -0.05) is 37.3 Å². The van der Waals surface area contributed by atoms with Crippen LogP contribution in [0.15, 0.2) is 59.5 Å². The van der Waals surface area contributed by atoms with Gasteiger partial charge in [0.1, 0.15) is 0 Å². The highest BCUT2D eigenvalue weighted by atomic mass is 32.1. The van der Waals surface area contributed by atoms with Gasteiger partial charge in [-0.2, -0.15) is 0 Å². The molecule has 2 nitrogen and oxygen atoms in total. The van der Waals surface area contributed by atoms with Crippen molar-refractivity contribution in [1.82, 2.24) is 4.90 Å². The summed E-state index contributed by atoms with van der Waals surface area (Å²) in [5.41, 5.74) is 2.78. The van der Waals surface area contributed by atoms with Crippen LogP contribution in [0.2, 0.25) is 0 Å². The molecule has 128 valence electrons. The van der Waals surface area contributed by atoms with Crippen molar-refractivity contribution in [2.75, 3.05) is 37.6 Å². The Bertz CT molecular complexity index is 603. The summed E-state index contributed by atoms with van der Waals surface area (Å²) in [5.74, 6) is 0.750. The van der Waals surface area contributed by atoms with E-state index in [1.807, 2.05) is 0 Å². The zero-order valence-corrected chi connectivity index (χ0v) is 15.5. The van der Waals surface area contributed by atoms with Crippen molar-refractivity contribution in [2.24, 2.45) is 5.92 Å². The van der Waals surface area contributed by atoms with E-state index < -0.39 is 0 Å². The lowest BCUT2D eigenvalue weighted by molar-refractivity contribution is 0.220. The second-order valence-corrected chi connectivity index (χ2v) is 7.45. The summed E-state index contributed by atoms with van der Waals surface area (Å²) < 4.78 is 0. The van der Waals surface area contributed by atoms with Crippen molar-refractivity contribution in [2.45, 2.75) is 24.7 Å². The average molecular weight is 341 g/mol. The fraction of sp³-hybridized carbons (Fsp3) is 0.429. The van der Waals surface area contributed by atoms with Gasteiger partial charge in [0.2, 0.25) is 0 Å². The Morgan fingerprint density at radius 1 is 0.917 bits per heavy atom. The number of hydrogen-bond acceptors (Lipinski definition) is 3. The number of anilines is 1. The molecule has 24 heavy (non-hydrogen) atoms. The quantitative estimate of drug-likeness (QED) is 0.780. The lowest BCUT2D eigenvalue weighted by atomic mass is 10.0. The van der Waals surface area contributed by atoms with Gasteiger partial charge in [0.25, 0.3) is 0 Å². The Morgan fingerprint density at radius 3 is 2.25 bits per heavy atom. The maximum atomic E-state index is 4.37. The molecule has 1 atom stereocenters. The van der Waals surface area contributed by atoms with Crippen LogP contribution >= 0.6 is 12.6 Å². The fourth-order valence-electron chi connectivity index (χ4n) is 3.44. The van der Waals surface area contributed by atoms with E-state index >= 15 is 0 Å². The zero-order chi connectivity index (χ0) is 16.8. The summed E-state index contributed by atoms with van der Waals surface area (Å²) >= 11 is 4.37. The summed E-state index contributed by atoms with van der Waals surface area (Å²) in [6.45, 7) is 8.18. The van der Waals surface area contributed by atoms with Crippen LogP contribution in [0.5, 0.6) is 0 Å². The van der Waals surface area contributed by atoms with E-state index in [1.54, 1.807) is 0 Å². The summed E-state index contributed by atoms with van der Waals surface area (Å²) in [6.07, 6.45) is 2.46. The molecule has 3 heteroatoms. The van der Waals surface area contributed by atoms with Gasteiger partial charge in [-0.15, -0.1) is 12.6 Å². The molecular weight excluding hydrogens is 312 g/mol. The SMILES string of the molecule is CC(CCc1ccccc1)CN1CCN(c2ccc(S)cc2)CC1. The van der Waals surface area contributed by atoms with Gasteiger partial charge >= 0.3 is 0 Å². The van der Waals surface area contributed by atoms with Crippen molar-refractivity contribution in [3.8, 4) is 0 Å². The molecule has 1 saturated heterocycles. The van der Waals surface area contributed by atoms with Gasteiger partial charge in [0, 0.05) is 43.3 Å². The Kier molecular flexibility index (Phi) is 6.22. The minimum atomic E-state index is 0.750. The van der Waals surface area contributed by atoms with Crippen LogP contribution in [0.3, 0.4) is 0 Å². The highest BCUT2D eigenvalue weighted by molar-refractivity contribution is 7.80. The zero-order valence-electron chi connectivity index (χ0n) is 14.6. The molecule has 3 rings (SSSR count). The van der Waals surface area contributed by atoms with Crippen LogP contribution in [0.1, 0.15) is 18.9 Å². The van der Waals surface area contributed by atoms with Gasteiger partial charge in [-0.25, -0.2) is 0 Å². The van der Waals surface area contributed by atoms with Crippen LogP contribution in [0, 0.1) is 5.92 Å². The molecule has 1 heterocycles. The normalized spacial score (nSPS) is 17.0. The van der Waals surface area contributed by atoms with Crippen molar-refractivity contribution >= 4 is 18.3 Å². The molecule has 2 aromatic rings. The maximum Gasteiger partial charge on any atom is 0.0367 e. The summed E-state index contributed by atoms with van der Waals surface area (Å²) in [4.78, 5) is 6.14. The molecule has 0 saturated carbocycles. The van der Waals surface area contributed by atoms with Crippen molar-refractivity contribution in [1.29, 1.82) is 0 Å². The van der Waals surface area contributed by atoms with Gasteiger partial charge in [-0.3, -0.25) is 4.90 Å². The maximum absolute atomic E-state index is 4.37. The average Bonchev–Trinajstić information content (AvgIpc) is 2.62. The Morgan fingerprint density at radius 2 is 1.58 bits per heavy atom. The third kappa shape index (κ3) is 5.02. The Labute approximate surface area is 151 Å². The van der Waals surface area contributed by atoms with Crippen LogP contribution in [0.4, 0.5) is 5.69 Å². The van der Waals surface area contributed by atoms with E-state index in [2.05, 4.69) is 83.9 Å². The highest BCUT2D eigenvalue weighted by Gasteiger charge is 2.18. The van der Waals surface area contributed by atoms with E-state index in [-0.39, 0.29) is 0 Å². The van der Waals surface area contributed by atoms with Crippen LogP contribution in [-0.4, -0.2) is 37.6 Å². The standard InChI is InChI=1S/C21H28N2S/c1-18(7-8-19-5-3-2-4-6-19)17-22-13-15-23(16-14-22)20-9-11-21(24)12-10-20/h2-6,9-12,18,24H,7-8,13-17H2,1H3. The van der Waals surface area contributed by atoms with E-state index in [1.165, 1.54) is 30.6 Å². The summed E-state index contributed by atoms with van der Waals surface area (Å²) in [6, 6.07) is 19.4. The number of piperazine rings is 1. The molecule has 0 spiro atoms. The number of nitrogens with zero attached hydrogens (tertiary/aromatic N) is 2. The minimum absolute atomic E-state index is 0.750. The predicted octanol–water partition coefficient (Wildman–Crippen LogP) is 4.37. The molecule has 1 aliphatic heterocycles. The number of aryl methyl sites for hydroxylation is 1. The van der Waals surface area contributed by atoms with Crippen LogP contribution in [0.25, 0.3) is 0 Å². The fourth-order valence-corrected chi connectivity index (χ4v) is 3.59. The largest absolute Gasteiger partial charge is 0.369 e. The molecule has 0 bridgehead atoms. The Balaban J connectivity index is 1.41. The topological polar surface area (TPSA) is 6.48 Å². The molecular formula is C21H28N2S.